The molecule has 0 spiro atoms. The Morgan fingerprint density at radius 1 is 0.964 bits per heavy atom. The van der Waals surface area contributed by atoms with Gasteiger partial charge in [-0.05, 0) is 36.4 Å². The molecule has 8 heteroatoms. The molecule has 1 saturated heterocycles. The lowest BCUT2D eigenvalue weighted by Crippen LogP contribution is -2.49. The van der Waals surface area contributed by atoms with E-state index in [1.165, 1.54) is 0 Å². The molecule has 1 aliphatic heterocycles. The molecule has 2 aromatic rings. The largest absolute Gasteiger partial charge is 0.496 e. The molecule has 2 aromatic carbocycles. The maximum atomic E-state index is 12.6. The number of hydrogen-bond donors (Lipinski definition) is 1. The van der Waals surface area contributed by atoms with Crippen LogP contribution in [-0.4, -0.2) is 56.2 Å². The number of urea groups is 1. The average Bonchev–Trinajstić information content (AvgIpc) is 2.69. The van der Waals surface area contributed by atoms with E-state index >= 15 is 0 Å². The van der Waals surface area contributed by atoms with Crippen molar-refractivity contribution in [3.05, 3.63) is 52.0 Å². The molecule has 1 aliphatic rings. The summed E-state index contributed by atoms with van der Waals surface area (Å²) in [4.78, 5) is 16.7. The standard InChI is InChI=1S/C20H23Cl2N3O3/c1-27-18-5-3-15(21)11-14(18)13-24-7-9-25(10-8-24)20(26)23-17-12-16(22)4-6-19(17)28-2/h3-6,11-12H,7-10,13H2,1-2H3,(H,23,26). The fourth-order valence-corrected chi connectivity index (χ4v) is 3.56. The van der Waals surface area contributed by atoms with Gasteiger partial charge in [-0.15, -0.1) is 0 Å². The first-order chi connectivity index (χ1) is 13.5. The van der Waals surface area contributed by atoms with Gasteiger partial charge in [0.05, 0.1) is 19.9 Å². The van der Waals surface area contributed by atoms with E-state index in [-0.39, 0.29) is 6.03 Å². The van der Waals surface area contributed by atoms with Crippen molar-refractivity contribution in [1.82, 2.24) is 9.80 Å². The van der Waals surface area contributed by atoms with Crippen molar-refractivity contribution in [2.75, 3.05) is 45.7 Å². The smallest absolute Gasteiger partial charge is 0.322 e. The van der Waals surface area contributed by atoms with Crippen LogP contribution in [0.2, 0.25) is 10.0 Å². The Kier molecular flexibility index (Phi) is 6.88. The van der Waals surface area contributed by atoms with E-state index in [9.17, 15) is 4.79 Å². The summed E-state index contributed by atoms with van der Waals surface area (Å²) >= 11 is 12.1. The van der Waals surface area contributed by atoms with Crippen LogP contribution in [0.1, 0.15) is 5.56 Å². The molecule has 0 unspecified atom stereocenters. The van der Waals surface area contributed by atoms with Gasteiger partial charge in [0.15, 0.2) is 0 Å². The molecule has 150 valence electrons. The highest BCUT2D eigenvalue weighted by Gasteiger charge is 2.22. The summed E-state index contributed by atoms with van der Waals surface area (Å²) in [6, 6.07) is 10.6. The van der Waals surface area contributed by atoms with Crippen molar-refractivity contribution < 1.29 is 14.3 Å². The van der Waals surface area contributed by atoms with Crippen LogP contribution in [0.15, 0.2) is 36.4 Å². The highest BCUT2D eigenvalue weighted by atomic mass is 35.5. The summed E-state index contributed by atoms with van der Waals surface area (Å²) in [5, 5.41) is 4.11. The molecule has 6 nitrogen and oxygen atoms in total. The second-order valence-electron chi connectivity index (χ2n) is 6.49. The third-order valence-corrected chi connectivity index (χ3v) is 5.17. The summed E-state index contributed by atoms with van der Waals surface area (Å²) in [6.45, 7) is 3.49. The van der Waals surface area contributed by atoms with Gasteiger partial charge >= 0.3 is 6.03 Å². The highest BCUT2D eigenvalue weighted by molar-refractivity contribution is 6.31. The second kappa shape index (κ2) is 9.37. The zero-order valence-electron chi connectivity index (χ0n) is 15.9. The van der Waals surface area contributed by atoms with Crippen molar-refractivity contribution in [3.8, 4) is 11.5 Å². The minimum atomic E-state index is -0.166. The van der Waals surface area contributed by atoms with Crippen molar-refractivity contribution in [3.63, 3.8) is 0 Å². The number of anilines is 1. The van der Waals surface area contributed by atoms with Crippen LogP contribution in [0.3, 0.4) is 0 Å². The number of carbonyl (C=O) groups excluding carboxylic acids is 1. The zero-order chi connectivity index (χ0) is 20.1. The maximum Gasteiger partial charge on any atom is 0.322 e. The van der Waals surface area contributed by atoms with Crippen LogP contribution in [0, 0.1) is 0 Å². The van der Waals surface area contributed by atoms with E-state index in [1.54, 1.807) is 37.3 Å². The van der Waals surface area contributed by atoms with Gasteiger partial charge in [-0.2, -0.15) is 0 Å². The maximum absolute atomic E-state index is 12.6. The number of nitrogens with one attached hydrogen (secondary N) is 1. The number of rotatable bonds is 5. The van der Waals surface area contributed by atoms with Gasteiger partial charge < -0.3 is 19.7 Å². The lowest BCUT2D eigenvalue weighted by molar-refractivity contribution is 0.142. The predicted octanol–water partition coefficient (Wildman–Crippen LogP) is 4.36. The first-order valence-corrected chi connectivity index (χ1v) is 9.70. The molecule has 0 radical (unpaired) electrons. The molecule has 1 N–H and O–H groups in total. The Hall–Kier alpha value is -2.15. The van der Waals surface area contributed by atoms with Crippen molar-refractivity contribution in [2.24, 2.45) is 0 Å². The van der Waals surface area contributed by atoms with Crippen LogP contribution in [-0.2, 0) is 6.54 Å². The third kappa shape index (κ3) is 5.01. The molecule has 2 amide bonds. The SMILES string of the molecule is COc1ccc(Cl)cc1CN1CCN(C(=O)Nc2cc(Cl)ccc2OC)CC1. The molecule has 1 fully saturated rings. The Labute approximate surface area is 174 Å². The topological polar surface area (TPSA) is 54.0 Å². The highest BCUT2D eigenvalue weighted by Crippen LogP contribution is 2.28. The van der Waals surface area contributed by atoms with Gasteiger partial charge in [-0.3, -0.25) is 4.90 Å². The Morgan fingerprint density at radius 3 is 2.21 bits per heavy atom. The first-order valence-electron chi connectivity index (χ1n) is 8.94. The number of carbonyl (C=O) groups is 1. The molecule has 1 heterocycles. The number of methoxy groups -OCH3 is 2. The van der Waals surface area contributed by atoms with Crippen molar-refractivity contribution >= 4 is 34.9 Å². The fourth-order valence-electron chi connectivity index (χ4n) is 3.19. The van der Waals surface area contributed by atoms with E-state index in [1.807, 2.05) is 18.2 Å². The molecule has 28 heavy (non-hydrogen) atoms. The first kappa shape index (κ1) is 20.6. The molecule has 3 rings (SSSR count). The summed E-state index contributed by atoms with van der Waals surface area (Å²) < 4.78 is 10.7. The van der Waals surface area contributed by atoms with Crippen molar-refractivity contribution in [1.29, 1.82) is 0 Å². The van der Waals surface area contributed by atoms with Crippen molar-refractivity contribution in [2.45, 2.75) is 6.54 Å². The van der Waals surface area contributed by atoms with E-state index in [4.69, 9.17) is 32.7 Å². The Morgan fingerprint density at radius 2 is 1.57 bits per heavy atom. The molecule has 0 aromatic heterocycles. The molecular formula is C20H23Cl2N3O3. The number of benzene rings is 2. The lowest BCUT2D eigenvalue weighted by atomic mass is 10.1. The van der Waals surface area contributed by atoms with Crippen LogP contribution in [0.5, 0.6) is 11.5 Å². The zero-order valence-corrected chi connectivity index (χ0v) is 17.4. The summed E-state index contributed by atoms with van der Waals surface area (Å²) in [5.41, 5.74) is 1.60. The number of halogens is 2. The van der Waals surface area contributed by atoms with Gasteiger partial charge in [-0.25, -0.2) is 4.79 Å². The van der Waals surface area contributed by atoms with Gasteiger partial charge in [0.2, 0.25) is 0 Å². The summed E-state index contributed by atoms with van der Waals surface area (Å²) in [6.07, 6.45) is 0. The van der Waals surface area contributed by atoms with Gasteiger partial charge in [-0.1, -0.05) is 23.2 Å². The fraction of sp³-hybridized carbons (Fsp3) is 0.350. The Bertz CT molecular complexity index is 839. The van der Waals surface area contributed by atoms with E-state index in [0.29, 0.717) is 34.6 Å². The quantitative estimate of drug-likeness (QED) is 0.775. The minimum absolute atomic E-state index is 0.166. The summed E-state index contributed by atoms with van der Waals surface area (Å²) in [5.74, 6) is 1.39. The summed E-state index contributed by atoms with van der Waals surface area (Å²) in [7, 11) is 3.21. The number of hydrogen-bond acceptors (Lipinski definition) is 4. The third-order valence-electron chi connectivity index (χ3n) is 4.70. The second-order valence-corrected chi connectivity index (χ2v) is 7.37. The van der Waals surface area contributed by atoms with Gasteiger partial charge in [0.25, 0.3) is 0 Å². The molecule has 0 bridgehead atoms. The number of piperazine rings is 1. The monoisotopic (exact) mass is 423 g/mol. The number of ether oxygens (including phenoxy) is 2. The normalized spacial score (nSPS) is 14.6. The number of nitrogens with zero attached hydrogens (tertiary/aromatic N) is 2. The van der Waals surface area contributed by atoms with Crippen LogP contribution in [0.4, 0.5) is 10.5 Å². The van der Waals surface area contributed by atoms with Crippen LogP contribution >= 0.6 is 23.2 Å². The molecule has 0 aliphatic carbocycles. The van der Waals surface area contributed by atoms with Crippen LogP contribution in [0.25, 0.3) is 0 Å². The Balaban J connectivity index is 1.57. The molecule has 0 saturated carbocycles. The average molecular weight is 424 g/mol. The minimum Gasteiger partial charge on any atom is -0.496 e. The molecule has 0 atom stereocenters. The van der Waals surface area contributed by atoms with Crippen LogP contribution < -0.4 is 14.8 Å². The lowest BCUT2D eigenvalue weighted by Gasteiger charge is -2.35. The number of amides is 2. The predicted molar refractivity (Wildman–Crippen MR) is 112 cm³/mol. The molecular weight excluding hydrogens is 401 g/mol. The van der Waals surface area contributed by atoms with Gasteiger partial charge in [0, 0.05) is 48.3 Å². The van der Waals surface area contributed by atoms with E-state index in [2.05, 4.69) is 10.2 Å². The van der Waals surface area contributed by atoms with Gasteiger partial charge in [0.1, 0.15) is 11.5 Å². The van der Waals surface area contributed by atoms with E-state index < -0.39 is 0 Å². The van der Waals surface area contributed by atoms with E-state index in [0.717, 1.165) is 30.9 Å².